The summed E-state index contributed by atoms with van der Waals surface area (Å²) in [7, 11) is 0. The van der Waals surface area contributed by atoms with E-state index in [0.717, 1.165) is 70.3 Å². The Morgan fingerprint density at radius 1 is 1.06 bits per heavy atom. The number of amides is 1. The summed E-state index contributed by atoms with van der Waals surface area (Å²) in [6, 6.07) is 12.4. The van der Waals surface area contributed by atoms with E-state index in [1.54, 1.807) is 0 Å². The molecule has 2 aliphatic heterocycles. The Morgan fingerprint density at radius 3 is 2.44 bits per heavy atom. The van der Waals surface area contributed by atoms with Gasteiger partial charge in [0.05, 0.1) is 5.56 Å². The van der Waals surface area contributed by atoms with Crippen LogP contribution in [0.3, 0.4) is 0 Å². The van der Waals surface area contributed by atoms with Gasteiger partial charge in [-0.1, -0.05) is 30.3 Å². The number of alkyl halides is 3. The molecule has 8 heteroatoms. The van der Waals surface area contributed by atoms with Gasteiger partial charge in [0.15, 0.2) is 0 Å². The molecular weight excluding hydrogens is 441 g/mol. The number of halogens is 3. The molecule has 34 heavy (non-hydrogen) atoms. The summed E-state index contributed by atoms with van der Waals surface area (Å²) >= 11 is 0. The smallest absolute Gasteiger partial charge is 0.317 e. The van der Waals surface area contributed by atoms with E-state index in [-0.39, 0.29) is 17.6 Å². The van der Waals surface area contributed by atoms with Crippen LogP contribution >= 0.6 is 0 Å². The third-order valence-electron chi connectivity index (χ3n) is 7.02. The maximum atomic E-state index is 13.4. The molecule has 0 spiro atoms. The number of hydrogen-bond donors (Lipinski definition) is 1. The van der Waals surface area contributed by atoms with Crippen molar-refractivity contribution in [1.29, 1.82) is 0 Å². The maximum absolute atomic E-state index is 13.4. The standard InChI is InChI=1S/C26H33F3N4O/c27-26(28,29)23-8-14-31-24(18-23)33(25(34)22-6-12-30-13-7-22)17-11-20-9-15-32(16-10-20)19-21-4-2-1-3-5-21/h1-5,8,14,18,20,22,30H,6-7,9-13,15-17,19H2. The molecule has 4 rings (SSSR count). The van der Waals surface area contributed by atoms with E-state index in [1.165, 1.54) is 10.5 Å². The van der Waals surface area contributed by atoms with Crippen LogP contribution in [0.5, 0.6) is 0 Å². The Labute approximate surface area is 199 Å². The number of nitrogens with zero attached hydrogens (tertiary/aromatic N) is 3. The molecule has 2 saturated heterocycles. The van der Waals surface area contributed by atoms with Gasteiger partial charge in [-0.15, -0.1) is 0 Å². The molecule has 0 unspecified atom stereocenters. The number of rotatable bonds is 7. The van der Waals surface area contributed by atoms with Gasteiger partial charge in [0.1, 0.15) is 5.82 Å². The summed E-state index contributed by atoms with van der Waals surface area (Å²) in [5.41, 5.74) is 0.533. The second-order valence-electron chi connectivity index (χ2n) is 9.41. The molecule has 0 bridgehead atoms. The third-order valence-corrected chi connectivity index (χ3v) is 7.02. The van der Waals surface area contributed by atoms with E-state index in [9.17, 15) is 18.0 Å². The molecule has 0 atom stereocenters. The normalized spacial score (nSPS) is 18.7. The molecule has 0 saturated carbocycles. The van der Waals surface area contributed by atoms with Crippen LogP contribution in [-0.2, 0) is 17.5 Å². The number of anilines is 1. The predicted octanol–water partition coefficient (Wildman–Crippen LogP) is 4.74. The van der Waals surface area contributed by atoms with Gasteiger partial charge in [-0.25, -0.2) is 4.98 Å². The minimum Gasteiger partial charge on any atom is -0.317 e. The summed E-state index contributed by atoms with van der Waals surface area (Å²) in [5, 5.41) is 3.24. The number of carbonyl (C=O) groups excluding carboxylic acids is 1. The highest BCUT2D eigenvalue weighted by Crippen LogP contribution is 2.32. The van der Waals surface area contributed by atoms with Crippen LogP contribution in [0.4, 0.5) is 19.0 Å². The number of piperidine rings is 2. The number of benzene rings is 1. The number of hydrogen-bond acceptors (Lipinski definition) is 4. The molecule has 1 amide bonds. The highest BCUT2D eigenvalue weighted by Gasteiger charge is 2.33. The first-order valence-electron chi connectivity index (χ1n) is 12.2. The Balaban J connectivity index is 1.39. The molecule has 184 valence electrons. The summed E-state index contributed by atoms with van der Waals surface area (Å²) in [4.78, 5) is 21.5. The van der Waals surface area contributed by atoms with E-state index in [4.69, 9.17) is 0 Å². The lowest BCUT2D eigenvalue weighted by Crippen LogP contribution is -2.43. The molecule has 0 radical (unpaired) electrons. The van der Waals surface area contributed by atoms with E-state index < -0.39 is 11.7 Å². The fourth-order valence-electron chi connectivity index (χ4n) is 4.96. The Kier molecular flexibility index (Phi) is 8.21. The van der Waals surface area contributed by atoms with Gasteiger partial charge in [-0.3, -0.25) is 14.6 Å². The molecule has 2 aromatic rings. The number of aromatic nitrogens is 1. The summed E-state index contributed by atoms with van der Waals surface area (Å²) in [6.07, 6.45) is 0.915. The summed E-state index contributed by atoms with van der Waals surface area (Å²) in [5.74, 6) is 0.279. The maximum Gasteiger partial charge on any atom is 0.416 e. The highest BCUT2D eigenvalue weighted by molar-refractivity contribution is 5.94. The Bertz CT molecular complexity index is 923. The van der Waals surface area contributed by atoms with Crippen molar-refractivity contribution >= 4 is 11.7 Å². The Hall–Kier alpha value is -2.45. The molecule has 3 heterocycles. The minimum atomic E-state index is -4.47. The quantitative estimate of drug-likeness (QED) is 0.630. The van der Waals surface area contributed by atoms with Crippen molar-refractivity contribution in [2.24, 2.45) is 11.8 Å². The molecule has 1 aromatic carbocycles. The second-order valence-corrected chi connectivity index (χ2v) is 9.41. The summed E-state index contributed by atoms with van der Waals surface area (Å²) < 4.78 is 39.9. The van der Waals surface area contributed by atoms with Crippen molar-refractivity contribution in [2.45, 2.75) is 44.8 Å². The van der Waals surface area contributed by atoms with Gasteiger partial charge in [0, 0.05) is 25.2 Å². The van der Waals surface area contributed by atoms with Crippen LogP contribution < -0.4 is 10.2 Å². The lowest BCUT2D eigenvalue weighted by Gasteiger charge is -2.34. The second kappa shape index (κ2) is 11.3. The molecule has 2 fully saturated rings. The van der Waals surface area contributed by atoms with Gasteiger partial charge in [0.25, 0.3) is 0 Å². The molecular formula is C26H33F3N4O. The molecule has 1 aromatic heterocycles. The van der Waals surface area contributed by atoms with E-state index >= 15 is 0 Å². The first-order valence-corrected chi connectivity index (χ1v) is 12.2. The van der Waals surface area contributed by atoms with Crippen LogP contribution in [-0.4, -0.2) is 48.5 Å². The average Bonchev–Trinajstić information content (AvgIpc) is 2.86. The first-order chi connectivity index (χ1) is 16.4. The number of pyridine rings is 1. The van der Waals surface area contributed by atoms with Crippen LogP contribution in [0, 0.1) is 11.8 Å². The molecule has 2 aliphatic rings. The van der Waals surface area contributed by atoms with Crippen molar-refractivity contribution in [2.75, 3.05) is 37.6 Å². The van der Waals surface area contributed by atoms with E-state index in [2.05, 4.69) is 39.5 Å². The Morgan fingerprint density at radius 2 is 1.76 bits per heavy atom. The summed E-state index contributed by atoms with van der Waals surface area (Å²) in [6.45, 7) is 4.82. The van der Waals surface area contributed by atoms with Gasteiger partial charge < -0.3 is 5.32 Å². The highest BCUT2D eigenvalue weighted by atomic mass is 19.4. The SMILES string of the molecule is O=C(C1CCNCC1)N(CCC1CCN(Cc2ccccc2)CC1)c1cc(C(F)(F)F)ccn1. The fraction of sp³-hybridized carbons (Fsp3) is 0.538. The number of carbonyl (C=O) groups is 1. The van der Waals surface area contributed by atoms with Gasteiger partial charge in [-0.2, -0.15) is 13.2 Å². The first kappa shape index (κ1) is 24.7. The predicted molar refractivity (Wildman–Crippen MR) is 126 cm³/mol. The molecule has 5 nitrogen and oxygen atoms in total. The van der Waals surface area contributed by atoms with Crippen molar-refractivity contribution in [3.05, 3.63) is 59.8 Å². The van der Waals surface area contributed by atoms with Crippen molar-refractivity contribution < 1.29 is 18.0 Å². The van der Waals surface area contributed by atoms with E-state index in [0.29, 0.717) is 25.3 Å². The zero-order valence-corrected chi connectivity index (χ0v) is 19.4. The third kappa shape index (κ3) is 6.57. The lowest BCUT2D eigenvalue weighted by atomic mass is 9.92. The largest absolute Gasteiger partial charge is 0.416 e. The van der Waals surface area contributed by atoms with Crippen molar-refractivity contribution in [3.63, 3.8) is 0 Å². The number of nitrogens with one attached hydrogen (secondary N) is 1. The van der Waals surface area contributed by atoms with Gasteiger partial charge in [-0.05, 0) is 81.9 Å². The topological polar surface area (TPSA) is 48.5 Å². The zero-order chi connectivity index (χ0) is 24.0. The van der Waals surface area contributed by atoms with Crippen LogP contribution in [0.2, 0.25) is 0 Å². The van der Waals surface area contributed by atoms with E-state index in [1.807, 2.05) is 6.07 Å². The monoisotopic (exact) mass is 474 g/mol. The number of likely N-dealkylation sites (tertiary alicyclic amines) is 1. The minimum absolute atomic E-state index is 0.102. The van der Waals surface area contributed by atoms with Crippen LogP contribution in [0.1, 0.15) is 43.2 Å². The van der Waals surface area contributed by atoms with Gasteiger partial charge in [0.2, 0.25) is 5.91 Å². The molecule has 0 aliphatic carbocycles. The fourth-order valence-corrected chi connectivity index (χ4v) is 4.96. The molecule has 1 N–H and O–H groups in total. The van der Waals surface area contributed by atoms with Crippen molar-refractivity contribution in [1.82, 2.24) is 15.2 Å². The zero-order valence-electron chi connectivity index (χ0n) is 19.4. The van der Waals surface area contributed by atoms with Crippen LogP contribution in [0.25, 0.3) is 0 Å². The van der Waals surface area contributed by atoms with Crippen molar-refractivity contribution in [3.8, 4) is 0 Å². The van der Waals surface area contributed by atoms with Gasteiger partial charge >= 0.3 is 6.18 Å². The average molecular weight is 475 g/mol. The lowest BCUT2D eigenvalue weighted by molar-refractivity contribution is -0.137. The van der Waals surface area contributed by atoms with Crippen LogP contribution in [0.15, 0.2) is 48.7 Å².